The molecule has 0 aliphatic carbocycles. The molecule has 7 heteroatoms. The van der Waals surface area contributed by atoms with Crippen molar-refractivity contribution < 1.29 is 17.6 Å². The zero-order chi connectivity index (χ0) is 20.0. The molecule has 0 bridgehead atoms. The number of aryl methyl sites for hydroxylation is 1. The van der Waals surface area contributed by atoms with Crippen molar-refractivity contribution in [2.75, 3.05) is 17.4 Å². The Morgan fingerprint density at radius 3 is 2.33 bits per heavy atom. The molecule has 1 N–H and O–H groups in total. The summed E-state index contributed by atoms with van der Waals surface area (Å²) in [4.78, 5) is 12.3. The van der Waals surface area contributed by atoms with Gasteiger partial charge in [0.1, 0.15) is 12.4 Å². The van der Waals surface area contributed by atoms with Crippen molar-refractivity contribution in [3.05, 3.63) is 59.9 Å². The van der Waals surface area contributed by atoms with E-state index in [0.29, 0.717) is 12.5 Å². The van der Waals surface area contributed by atoms with Crippen LogP contribution in [0.15, 0.2) is 53.4 Å². The van der Waals surface area contributed by atoms with E-state index in [9.17, 15) is 17.6 Å². The molecule has 2 aromatic rings. The van der Waals surface area contributed by atoms with Gasteiger partial charge in [-0.05, 0) is 43.5 Å². The fraction of sp³-hybridized carbons (Fsp3) is 0.350. The lowest BCUT2D eigenvalue weighted by molar-refractivity contribution is -0.119. The van der Waals surface area contributed by atoms with Gasteiger partial charge in [-0.1, -0.05) is 43.7 Å². The molecule has 27 heavy (non-hydrogen) atoms. The summed E-state index contributed by atoms with van der Waals surface area (Å²) in [6.07, 6.45) is 0.774. The van der Waals surface area contributed by atoms with Gasteiger partial charge < -0.3 is 5.32 Å². The second kappa shape index (κ2) is 8.99. The first kappa shape index (κ1) is 20.9. The van der Waals surface area contributed by atoms with Gasteiger partial charge in [0.25, 0.3) is 10.0 Å². The third-order valence-corrected chi connectivity index (χ3v) is 5.84. The van der Waals surface area contributed by atoms with Crippen LogP contribution in [0, 0.1) is 18.7 Å². The zero-order valence-corrected chi connectivity index (χ0v) is 16.6. The quantitative estimate of drug-likeness (QED) is 0.748. The van der Waals surface area contributed by atoms with E-state index in [1.807, 2.05) is 20.8 Å². The highest BCUT2D eigenvalue weighted by molar-refractivity contribution is 7.92. The predicted octanol–water partition coefficient (Wildman–Crippen LogP) is 3.49. The highest BCUT2D eigenvalue weighted by Gasteiger charge is 2.29. The Morgan fingerprint density at radius 1 is 1.11 bits per heavy atom. The lowest BCUT2D eigenvalue weighted by Crippen LogP contribution is -2.41. The molecular formula is C20H25FN2O3S. The second-order valence-electron chi connectivity index (χ2n) is 6.81. The van der Waals surface area contributed by atoms with Crippen LogP contribution in [-0.4, -0.2) is 27.4 Å². The third-order valence-electron chi connectivity index (χ3n) is 4.06. The maximum absolute atomic E-state index is 14.3. The first-order chi connectivity index (χ1) is 12.7. The summed E-state index contributed by atoms with van der Waals surface area (Å²) in [5.74, 6) is -0.776. The Bertz CT molecular complexity index is 880. The number of nitrogens with one attached hydrogen (secondary N) is 1. The minimum Gasteiger partial charge on any atom is -0.355 e. The fourth-order valence-corrected chi connectivity index (χ4v) is 3.91. The highest BCUT2D eigenvalue weighted by atomic mass is 32.2. The molecule has 0 fully saturated rings. The van der Waals surface area contributed by atoms with E-state index in [2.05, 4.69) is 5.32 Å². The SMILES string of the molecule is Cc1ccc(S(=O)(=O)N(CC(=O)NCCC(C)C)c2ccccc2F)cc1. The van der Waals surface area contributed by atoms with E-state index in [0.717, 1.165) is 16.3 Å². The maximum atomic E-state index is 14.3. The number of para-hydroxylation sites is 1. The number of amides is 1. The lowest BCUT2D eigenvalue weighted by Gasteiger charge is -2.24. The van der Waals surface area contributed by atoms with E-state index in [1.54, 1.807) is 12.1 Å². The van der Waals surface area contributed by atoms with Crippen LogP contribution in [0.4, 0.5) is 10.1 Å². The van der Waals surface area contributed by atoms with Crippen LogP contribution in [0.3, 0.4) is 0 Å². The van der Waals surface area contributed by atoms with Gasteiger partial charge in [0.15, 0.2) is 0 Å². The molecule has 0 aliphatic rings. The van der Waals surface area contributed by atoms with Crippen LogP contribution >= 0.6 is 0 Å². The Balaban J connectivity index is 2.34. The van der Waals surface area contributed by atoms with Crippen LogP contribution in [0.5, 0.6) is 0 Å². The monoisotopic (exact) mass is 392 g/mol. The standard InChI is InChI=1S/C20H25FN2O3S/c1-15(2)12-13-22-20(24)14-23(19-7-5-4-6-18(19)21)27(25,26)17-10-8-16(3)9-11-17/h4-11,15H,12-14H2,1-3H3,(H,22,24). The molecule has 0 radical (unpaired) electrons. The van der Waals surface area contributed by atoms with Crippen LogP contribution in [0.1, 0.15) is 25.8 Å². The summed E-state index contributed by atoms with van der Waals surface area (Å²) < 4.78 is 41.3. The van der Waals surface area contributed by atoms with Crippen molar-refractivity contribution in [2.24, 2.45) is 5.92 Å². The molecule has 0 saturated carbocycles. The van der Waals surface area contributed by atoms with Gasteiger partial charge in [0.05, 0.1) is 10.6 Å². The largest absolute Gasteiger partial charge is 0.355 e. The van der Waals surface area contributed by atoms with Gasteiger partial charge in [-0.15, -0.1) is 0 Å². The molecule has 0 aliphatic heterocycles. The molecule has 2 rings (SSSR count). The van der Waals surface area contributed by atoms with Gasteiger partial charge in [-0.2, -0.15) is 0 Å². The van der Waals surface area contributed by atoms with E-state index in [-0.39, 0.29) is 10.6 Å². The first-order valence-corrected chi connectivity index (χ1v) is 10.3. The highest BCUT2D eigenvalue weighted by Crippen LogP contribution is 2.26. The van der Waals surface area contributed by atoms with E-state index < -0.39 is 28.3 Å². The number of hydrogen-bond acceptors (Lipinski definition) is 3. The number of sulfonamides is 1. The first-order valence-electron chi connectivity index (χ1n) is 8.82. The average molecular weight is 392 g/mol. The Hall–Kier alpha value is -2.41. The minimum atomic E-state index is -4.10. The molecule has 0 heterocycles. The number of carbonyl (C=O) groups excluding carboxylic acids is 1. The van der Waals surface area contributed by atoms with Crippen molar-refractivity contribution in [1.29, 1.82) is 0 Å². The van der Waals surface area contributed by atoms with Crippen LogP contribution in [0.2, 0.25) is 0 Å². The number of rotatable bonds is 8. The lowest BCUT2D eigenvalue weighted by atomic mass is 10.1. The predicted molar refractivity (Wildman–Crippen MR) is 105 cm³/mol. The minimum absolute atomic E-state index is 0.00586. The summed E-state index contributed by atoms with van der Waals surface area (Å²) in [5, 5.41) is 2.70. The maximum Gasteiger partial charge on any atom is 0.264 e. The van der Waals surface area contributed by atoms with Crippen LogP contribution < -0.4 is 9.62 Å². The summed E-state index contributed by atoms with van der Waals surface area (Å²) in [6.45, 7) is 5.84. The van der Waals surface area contributed by atoms with Crippen molar-refractivity contribution in [3.63, 3.8) is 0 Å². The van der Waals surface area contributed by atoms with Gasteiger partial charge in [-0.25, -0.2) is 12.8 Å². The molecular weight excluding hydrogens is 367 g/mol. The van der Waals surface area contributed by atoms with Crippen LogP contribution in [-0.2, 0) is 14.8 Å². The molecule has 0 spiro atoms. The van der Waals surface area contributed by atoms with E-state index in [1.165, 1.54) is 36.4 Å². The van der Waals surface area contributed by atoms with Crippen molar-refractivity contribution >= 4 is 21.6 Å². The molecule has 5 nitrogen and oxygen atoms in total. The summed E-state index contributed by atoms with van der Waals surface area (Å²) in [7, 11) is -4.10. The molecule has 1 amide bonds. The van der Waals surface area contributed by atoms with Gasteiger partial charge in [0, 0.05) is 6.54 Å². The Morgan fingerprint density at radius 2 is 1.74 bits per heavy atom. The average Bonchev–Trinajstić information content (AvgIpc) is 2.60. The number of anilines is 1. The van der Waals surface area contributed by atoms with Crippen molar-refractivity contribution in [3.8, 4) is 0 Å². The number of hydrogen-bond donors (Lipinski definition) is 1. The van der Waals surface area contributed by atoms with Crippen LogP contribution in [0.25, 0.3) is 0 Å². The van der Waals surface area contributed by atoms with Crippen molar-refractivity contribution in [2.45, 2.75) is 32.1 Å². The number of halogens is 1. The molecule has 0 unspecified atom stereocenters. The smallest absolute Gasteiger partial charge is 0.264 e. The number of benzene rings is 2. The normalized spacial score (nSPS) is 11.4. The Kier molecular flexibility index (Phi) is 6.96. The molecule has 0 aromatic heterocycles. The molecule has 2 aromatic carbocycles. The Labute approximate surface area is 160 Å². The second-order valence-corrected chi connectivity index (χ2v) is 8.67. The number of nitrogens with zero attached hydrogens (tertiary/aromatic N) is 1. The summed E-state index contributed by atoms with van der Waals surface area (Å²) in [5.41, 5.74) is 0.745. The van der Waals surface area contributed by atoms with Gasteiger partial charge in [0.2, 0.25) is 5.91 Å². The third kappa shape index (κ3) is 5.53. The fourth-order valence-electron chi connectivity index (χ4n) is 2.48. The summed E-state index contributed by atoms with van der Waals surface area (Å²) in [6, 6.07) is 11.8. The van der Waals surface area contributed by atoms with E-state index >= 15 is 0 Å². The summed E-state index contributed by atoms with van der Waals surface area (Å²) >= 11 is 0. The van der Waals surface area contributed by atoms with Gasteiger partial charge in [-0.3, -0.25) is 9.10 Å². The number of carbonyl (C=O) groups is 1. The molecule has 0 saturated heterocycles. The molecule has 146 valence electrons. The van der Waals surface area contributed by atoms with Crippen molar-refractivity contribution in [1.82, 2.24) is 5.32 Å². The zero-order valence-electron chi connectivity index (χ0n) is 15.8. The molecule has 0 atom stereocenters. The topological polar surface area (TPSA) is 66.5 Å². The van der Waals surface area contributed by atoms with Gasteiger partial charge >= 0.3 is 0 Å². The van der Waals surface area contributed by atoms with E-state index in [4.69, 9.17) is 0 Å².